The van der Waals surface area contributed by atoms with E-state index in [1.54, 1.807) is 0 Å². The molecule has 0 saturated heterocycles. The summed E-state index contributed by atoms with van der Waals surface area (Å²) in [6, 6.07) is 2.41. The predicted octanol–water partition coefficient (Wildman–Crippen LogP) is 10.3. The molecule has 40 heavy (non-hydrogen) atoms. The minimum Gasteiger partial charge on any atom is -0.423 e. The molecule has 0 heterocycles. The van der Waals surface area contributed by atoms with Crippen molar-refractivity contribution in [2.75, 3.05) is 0 Å². The second kappa shape index (κ2) is 14.9. The van der Waals surface area contributed by atoms with E-state index in [1.165, 1.54) is 57.1 Å². The van der Waals surface area contributed by atoms with Crippen molar-refractivity contribution in [1.82, 2.24) is 0 Å². The molecule has 0 radical (unpaired) electrons. The van der Waals surface area contributed by atoms with E-state index >= 15 is 4.39 Å². The Hall–Kier alpha value is -1.85. The number of ketones is 1. The summed E-state index contributed by atoms with van der Waals surface area (Å²) in [5.41, 5.74) is -1.21. The van der Waals surface area contributed by atoms with Gasteiger partial charge in [-0.3, -0.25) is 9.59 Å². The Kier molecular flexibility index (Phi) is 11.6. The summed E-state index contributed by atoms with van der Waals surface area (Å²) in [6.45, 7) is 4.42. The molecule has 0 unspecified atom stereocenters. The minimum atomic E-state index is -3.17. The second-order valence-corrected chi connectivity index (χ2v) is 13.0. The van der Waals surface area contributed by atoms with Gasteiger partial charge >= 0.3 is 5.97 Å². The number of ether oxygens (including phenoxy) is 1. The molecule has 0 amide bonds. The molecule has 0 N–H and O–H groups in total. The van der Waals surface area contributed by atoms with Gasteiger partial charge in [-0.15, -0.1) is 0 Å². The quantitative estimate of drug-likeness (QED) is 0.153. The predicted molar refractivity (Wildman–Crippen MR) is 152 cm³/mol. The van der Waals surface area contributed by atoms with Crippen LogP contribution < -0.4 is 4.74 Å². The summed E-state index contributed by atoms with van der Waals surface area (Å²) in [6.07, 6.45) is 14.3. The first-order valence-electron chi connectivity index (χ1n) is 16.2. The zero-order valence-electron chi connectivity index (χ0n) is 24.6. The fourth-order valence-electron chi connectivity index (χ4n) is 7.99. The topological polar surface area (TPSA) is 43.4 Å². The highest BCUT2D eigenvalue weighted by molar-refractivity contribution is 5.98. The van der Waals surface area contributed by atoms with Crippen LogP contribution in [0.15, 0.2) is 12.1 Å². The molecule has 0 atom stereocenters. The van der Waals surface area contributed by atoms with E-state index in [4.69, 9.17) is 4.74 Å². The molecular formula is C34H49F3O3. The van der Waals surface area contributed by atoms with Crippen LogP contribution in [0.1, 0.15) is 145 Å². The number of carbonyl (C=O) groups is 2. The number of Topliss-reactive ketones (excluding diaryl/α,β-unsaturated/α-hetero) is 1. The Bertz CT molecular complexity index is 969. The number of halogens is 3. The van der Waals surface area contributed by atoms with E-state index in [2.05, 4.69) is 13.8 Å². The first-order valence-corrected chi connectivity index (χ1v) is 16.2. The molecular weight excluding hydrogens is 513 g/mol. The van der Waals surface area contributed by atoms with Crippen molar-refractivity contribution >= 4 is 11.8 Å². The van der Waals surface area contributed by atoms with Crippen LogP contribution in [0, 0.1) is 41.3 Å². The molecule has 3 saturated carbocycles. The Labute approximate surface area is 239 Å². The number of esters is 1. The number of rotatable bonds is 11. The average molecular weight is 563 g/mol. The van der Waals surface area contributed by atoms with E-state index in [9.17, 15) is 18.4 Å². The van der Waals surface area contributed by atoms with Crippen molar-refractivity contribution in [3.8, 4) is 5.75 Å². The van der Waals surface area contributed by atoms with Gasteiger partial charge in [-0.1, -0.05) is 65.2 Å². The third-order valence-electron chi connectivity index (χ3n) is 10.4. The third kappa shape index (κ3) is 7.91. The van der Waals surface area contributed by atoms with Gasteiger partial charge in [0.2, 0.25) is 0 Å². The molecule has 3 aliphatic carbocycles. The van der Waals surface area contributed by atoms with Crippen molar-refractivity contribution in [3.05, 3.63) is 29.1 Å². The minimum absolute atomic E-state index is 0.146. The molecule has 0 aromatic heterocycles. The molecule has 6 heteroatoms. The maximum absolute atomic E-state index is 15.3. The van der Waals surface area contributed by atoms with Gasteiger partial charge in [-0.2, -0.15) is 0 Å². The highest BCUT2D eigenvalue weighted by Gasteiger charge is 2.35. The molecule has 1 aromatic rings. The maximum Gasteiger partial charge on any atom is 0.314 e. The molecule has 0 spiro atoms. The molecule has 3 fully saturated rings. The summed E-state index contributed by atoms with van der Waals surface area (Å²) >= 11 is 0. The van der Waals surface area contributed by atoms with Crippen molar-refractivity contribution in [3.63, 3.8) is 0 Å². The first kappa shape index (κ1) is 31.1. The van der Waals surface area contributed by atoms with Gasteiger partial charge in [0, 0.05) is 12.0 Å². The zero-order chi connectivity index (χ0) is 28.6. The van der Waals surface area contributed by atoms with Crippen LogP contribution in [0.3, 0.4) is 0 Å². The molecule has 224 valence electrons. The van der Waals surface area contributed by atoms with Crippen LogP contribution >= 0.6 is 0 Å². The normalized spacial score (nSPS) is 29.4. The van der Waals surface area contributed by atoms with Crippen molar-refractivity contribution < 1.29 is 27.5 Å². The highest BCUT2D eigenvalue weighted by Crippen LogP contribution is 2.43. The highest BCUT2D eigenvalue weighted by atomic mass is 19.3. The molecule has 1 aromatic carbocycles. The lowest BCUT2D eigenvalue weighted by Crippen LogP contribution is -2.30. The molecule has 0 bridgehead atoms. The first-order chi connectivity index (χ1) is 19.3. The van der Waals surface area contributed by atoms with Gasteiger partial charge < -0.3 is 4.74 Å². The monoisotopic (exact) mass is 562 g/mol. The van der Waals surface area contributed by atoms with E-state index in [-0.39, 0.29) is 23.8 Å². The number of hydrogen-bond donors (Lipinski definition) is 0. The number of carbonyl (C=O) groups excluding carboxylic acids is 2. The van der Waals surface area contributed by atoms with Gasteiger partial charge in [0.25, 0.3) is 6.43 Å². The SMILES string of the molecule is CCCC1CCC(CC(=O)c2ccc(OC(=O)C3CCC(C4CCC(CCC)CC4)CC3)c(F)c2C(F)F)CC1. The summed E-state index contributed by atoms with van der Waals surface area (Å²) in [5.74, 6) is -0.0625. The van der Waals surface area contributed by atoms with Gasteiger partial charge in [-0.25, -0.2) is 13.2 Å². The zero-order valence-corrected chi connectivity index (χ0v) is 24.6. The van der Waals surface area contributed by atoms with Gasteiger partial charge in [0.05, 0.1) is 11.5 Å². The van der Waals surface area contributed by atoms with Crippen molar-refractivity contribution in [1.29, 1.82) is 0 Å². The van der Waals surface area contributed by atoms with E-state index in [0.717, 1.165) is 56.8 Å². The summed E-state index contributed by atoms with van der Waals surface area (Å²) in [7, 11) is 0. The maximum atomic E-state index is 15.3. The fraction of sp³-hybridized carbons (Fsp3) is 0.765. The van der Waals surface area contributed by atoms with Crippen molar-refractivity contribution in [2.24, 2.45) is 35.5 Å². The average Bonchev–Trinajstić information content (AvgIpc) is 2.95. The van der Waals surface area contributed by atoms with Crippen LogP contribution in [0.4, 0.5) is 13.2 Å². The number of benzene rings is 1. The van der Waals surface area contributed by atoms with Gasteiger partial charge in [0.1, 0.15) is 0 Å². The van der Waals surface area contributed by atoms with Crippen LogP contribution in [-0.2, 0) is 4.79 Å². The lowest BCUT2D eigenvalue weighted by Gasteiger charge is -2.37. The van der Waals surface area contributed by atoms with Crippen LogP contribution in [0.25, 0.3) is 0 Å². The number of hydrogen-bond acceptors (Lipinski definition) is 3. The standard InChI is InChI=1S/C34H49F3O3/c1-3-5-22-7-9-24(10-8-22)21-29(38)28-19-20-30(32(35)31(28)33(36)37)40-34(39)27-17-15-26(16-18-27)25-13-11-23(6-4-2)12-14-25/h19-20,22-27,33H,3-18,21H2,1-2H3. The Morgan fingerprint density at radius 1 is 0.775 bits per heavy atom. The molecule has 3 nitrogen and oxygen atoms in total. The van der Waals surface area contributed by atoms with E-state index in [1.807, 2.05) is 0 Å². The Balaban J connectivity index is 1.32. The van der Waals surface area contributed by atoms with Crippen LogP contribution in [0.2, 0.25) is 0 Å². The lowest BCUT2D eigenvalue weighted by molar-refractivity contribution is -0.140. The molecule has 4 rings (SSSR count). The lowest BCUT2D eigenvalue weighted by atomic mass is 9.69. The second-order valence-electron chi connectivity index (χ2n) is 13.0. The van der Waals surface area contributed by atoms with Crippen molar-refractivity contribution in [2.45, 2.75) is 129 Å². The molecule has 3 aliphatic rings. The smallest absolute Gasteiger partial charge is 0.314 e. The summed E-state index contributed by atoms with van der Waals surface area (Å²) in [5, 5.41) is 0. The summed E-state index contributed by atoms with van der Waals surface area (Å²) < 4.78 is 48.6. The molecule has 0 aliphatic heterocycles. The van der Waals surface area contributed by atoms with Crippen LogP contribution in [0.5, 0.6) is 5.75 Å². The van der Waals surface area contributed by atoms with Crippen LogP contribution in [-0.4, -0.2) is 11.8 Å². The van der Waals surface area contributed by atoms with E-state index < -0.39 is 35.3 Å². The largest absolute Gasteiger partial charge is 0.423 e. The fourth-order valence-corrected chi connectivity index (χ4v) is 7.99. The van der Waals surface area contributed by atoms with Gasteiger partial charge in [0.15, 0.2) is 17.3 Å². The van der Waals surface area contributed by atoms with E-state index in [0.29, 0.717) is 24.7 Å². The Morgan fingerprint density at radius 3 is 1.80 bits per heavy atom. The third-order valence-corrected chi connectivity index (χ3v) is 10.4. The Morgan fingerprint density at radius 2 is 1.27 bits per heavy atom. The van der Waals surface area contributed by atoms with Gasteiger partial charge in [-0.05, 0) is 93.1 Å². The number of alkyl halides is 2. The summed E-state index contributed by atoms with van der Waals surface area (Å²) in [4.78, 5) is 25.9.